The summed E-state index contributed by atoms with van der Waals surface area (Å²) >= 11 is 0. The van der Waals surface area contributed by atoms with Crippen LogP contribution in [-0.4, -0.2) is 14.5 Å². The molecule has 0 aliphatic carbocycles. The third-order valence-electron chi connectivity index (χ3n) is 4.86. The molecular formula is C22H22F4N4O. The number of rotatable bonds is 7. The molecule has 0 aliphatic heterocycles. The molecule has 164 valence electrons. The lowest BCUT2D eigenvalue weighted by Gasteiger charge is -2.20. The van der Waals surface area contributed by atoms with Crippen LogP contribution < -0.4 is 10.9 Å². The average Bonchev–Trinajstić information content (AvgIpc) is 2.65. The SMILES string of the molecule is C=C(F)CCn1cc2c(N[C@H](C)c3cccc(C(C)(F)F)c3F)nc(C)nc2cc1=O. The Balaban J connectivity index is 2.04. The first-order chi connectivity index (χ1) is 14.5. The monoisotopic (exact) mass is 434 g/mol. The number of aryl methyl sites for hydroxylation is 2. The number of anilines is 1. The minimum absolute atomic E-state index is 0.0273. The quantitative estimate of drug-likeness (QED) is 0.506. The van der Waals surface area contributed by atoms with Crippen LogP contribution >= 0.6 is 0 Å². The van der Waals surface area contributed by atoms with Crippen LogP contribution in [-0.2, 0) is 12.5 Å². The zero-order valence-corrected chi connectivity index (χ0v) is 17.3. The molecule has 1 atom stereocenters. The van der Waals surface area contributed by atoms with Crippen molar-refractivity contribution in [3.63, 3.8) is 0 Å². The molecular weight excluding hydrogens is 412 g/mol. The van der Waals surface area contributed by atoms with Gasteiger partial charge in [0.1, 0.15) is 17.5 Å². The van der Waals surface area contributed by atoms with E-state index in [2.05, 4.69) is 21.9 Å². The minimum Gasteiger partial charge on any atom is -0.363 e. The fourth-order valence-corrected chi connectivity index (χ4v) is 3.29. The Morgan fingerprint density at radius 3 is 2.68 bits per heavy atom. The van der Waals surface area contributed by atoms with Gasteiger partial charge < -0.3 is 9.88 Å². The molecule has 0 spiro atoms. The second-order valence-electron chi connectivity index (χ2n) is 7.45. The first kappa shape index (κ1) is 22.5. The van der Waals surface area contributed by atoms with Gasteiger partial charge in [0, 0.05) is 37.7 Å². The third-order valence-corrected chi connectivity index (χ3v) is 4.86. The van der Waals surface area contributed by atoms with Gasteiger partial charge in [-0.3, -0.25) is 4.79 Å². The Morgan fingerprint density at radius 2 is 2.03 bits per heavy atom. The van der Waals surface area contributed by atoms with Crippen molar-refractivity contribution in [2.24, 2.45) is 0 Å². The number of nitrogens with one attached hydrogen (secondary N) is 1. The molecule has 9 heteroatoms. The van der Waals surface area contributed by atoms with Crippen molar-refractivity contribution in [3.05, 3.63) is 76.0 Å². The van der Waals surface area contributed by atoms with Crippen molar-refractivity contribution in [2.45, 2.75) is 45.7 Å². The van der Waals surface area contributed by atoms with Gasteiger partial charge in [-0.1, -0.05) is 24.8 Å². The maximum Gasteiger partial charge on any atom is 0.273 e. The summed E-state index contributed by atoms with van der Waals surface area (Å²) in [5.74, 6) is -4.21. The standard InChI is InChI=1S/C22H22F4N4O/c1-12(23)8-9-30-11-16-18(10-19(30)31)28-14(3)29-21(16)27-13(2)15-6-5-7-17(20(15)24)22(4,25)26/h5-7,10-11,13H,1,8-9H2,2-4H3,(H,27,28,29)/t13-/m1/s1. The van der Waals surface area contributed by atoms with Gasteiger partial charge in [0.15, 0.2) is 0 Å². The predicted octanol–water partition coefficient (Wildman–Crippen LogP) is 5.40. The van der Waals surface area contributed by atoms with Gasteiger partial charge in [-0.15, -0.1) is 0 Å². The number of nitrogens with zero attached hydrogens (tertiary/aromatic N) is 3. The van der Waals surface area contributed by atoms with Crippen molar-refractivity contribution >= 4 is 16.7 Å². The van der Waals surface area contributed by atoms with Gasteiger partial charge in [-0.05, 0) is 13.8 Å². The van der Waals surface area contributed by atoms with E-state index < -0.39 is 29.2 Å². The minimum atomic E-state index is -3.32. The summed E-state index contributed by atoms with van der Waals surface area (Å²) in [6.07, 6.45) is 1.46. The number of fused-ring (bicyclic) bond motifs is 1. The Hall–Kier alpha value is -3.23. The molecule has 2 heterocycles. The summed E-state index contributed by atoms with van der Waals surface area (Å²) < 4.78 is 56.5. The molecule has 0 fully saturated rings. The lowest BCUT2D eigenvalue weighted by atomic mass is 10.0. The van der Waals surface area contributed by atoms with E-state index in [-0.39, 0.29) is 24.1 Å². The fourth-order valence-electron chi connectivity index (χ4n) is 3.29. The molecule has 3 aromatic rings. The normalized spacial score (nSPS) is 12.7. The van der Waals surface area contributed by atoms with Gasteiger partial charge >= 0.3 is 0 Å². The average molecular weight is 434 g/mol. The molecule has 1 aromatic carbocycles. The van der Waals surface area contributed by atoms with Crippen LogP contribution in [0.15, 0.2) is 47.7 Å². The van der Waals surface area contributed by atoms with Gasteiger partial charge in [0.05, 0.1) is 28.3 Å². The van der Waals surface area contributed by atoms with Gasteiger partial charge in [-0.25, -0.2) is 27.5 Å². The van der Waals surface area contributed by atoms with E-state index in [1.807, 2.05) is 0 Å². The van der Waals surface area contributed by atoms with Crippen LogP contribution in [0.2, 0.25) is 0 Å². The lowest BCUT2D eigenvalue weighted by molar-refractivity contribution is 0.0136. The van der Waals surface area contributed by atoms with Crippen LogP contribution in [0.3, 0.4) is 0 Å². The van der Waals surface area contributed by atoms with E-state index in [1.54, 1.807) is 13.8 Å². The zero-order valence-electron chi connectivity index (χ0n) is 17.3. The summed E-state index contributed by atoms with van der Waals surface area (Å²) in [6.45, 7) is 7.15. The molecule has 2 aromatic heterocycles. The molecule has 0 saturated carbocycles. The van der Waals surface area contributed by atoms with Crippen LogP contribution in [0.4, 0.5) is 23.4 Å². The largest absolute Gasteiger partial charge is 0.363 e. The smallest absolute Gasteiger partial charge is 0.273 e. The molecule has 5 nitrogen and oxygen atoms in total. The summed E-state index contributed by atoms with van der Waals surface area (Å²) in [6, 6.07) is 4.42. The van der Waals surface area contributed by atoms with Crippen LogP contribution in [0.1, 0.15) is 43.3 Å². The maximum absolute atomic E-state index is 14.8. The van der Waals surface area contributed by atoms with Crippen LogP contribution in [0.5, 0.6) is 0 Å². The van der Waals surface area contributed by atoms with Crippen molar-refractivity contribution in [2.75, 3.05) is 5.32 Å². The lowest BCUT2D eigenvalue weighted by Crippen LogP contribution is -2.20. The van der Waals surface area contributed by atoms with E-state index in [0.29, 0.717) is 29.5 Å². The van der Waals surface area contributed by atoms with Crippen LogP contribution in [0, 0.1) is 12.7 Å². The second-order valence-corrected chi connectivity index (χ2v) is 7.45. The maximum atomic E-state index is 14.8. The fraction of sp³-hybridized carbons (Fsp3) is 0.318. The number of alkyl halides is 2. The molecule has 0 saturated heterocycles. The number of aromatic nitrogens is 3. The molecule has 1 N–H and O–H groups in total. The van der Waals surface area contributed by atoms with E-state index in [9.17, 15) is 22.4 Å². The Morgan fingerprint density at radius 1 is 1.32 bits per heavy atom. The number of allylic oxidation sites excluding steroid dienone is 1. The van der Waals surface area contributed by atoms with E-state index >= 15 is 0 Å². The molecule has 31 heavy (non-hydrogen) atoms. The third kappa shape index (κ3) is 4.92. The topological polar surface area (TPSA) is 59.8 Å². The first-order valence-corrected chi connectivity index (χ1v) is 9.62. The van der Waals surface area contributed by atoms with E-state index in [1.165, 1.54) is 29.0 Å². The highest BCUT2D eigenvalue weighted by molar-refractivity contribution is 5.88. The van der Waals surface area contributed by atoms with Gasteiger partial charge in [0.2, 0.25) is 0 Å². The number of hydrogen-bond acceptors (Lipinski definition) is 4. The Labute approximate surface area is 176 Å². The summed E-state index contributed by atoms with van der Waals surface area (Å²) in [4.78, 5) is 20.9. The number of pyridine rings is 1. The highest BCUT2D eigenvalue weighted by Crippen LogP contribution is 2.33. The summed E-state index contributed by atoms with van der Waals surface area (Å²) in [7, 11) is 0. The molecule has 0 bridgehead atoms. The van der Waals surface area contributed by atoms with E-state index in [4.69, 9.17) is 0 Å². The molecule has 0 aliphatic rings. The summed E-state index contributed by atoms with van der Waals surface area (Å²) in [5, 5.41) is 3.49. The highest BCUT2D eigenvalue weighted by Gasteiger charge is 2.30. The molecule has 0 amide bonds. The van der Waals surface area contributed by atoms with Gasteiger partial charge in [0.25, 0.3) is 11.5 Å². The van der Waals surface area contributed by atoms with Crippen molar-refractivity contribution in [1.82, 2.24) is 14.5 Å². The van der Waals surface area contributed by atoms with Gasteiger partial charge in [-0.2, -0.15) is 0 Å². The highest BCUT2D eigenvalue weighted by atomic mass is 19.3. The molecule has 0 unspecified atom stereocenters. The van der Waals surface area contributed by atoms with Crippen molar-refractivity contribution in [1.29, 1.82) is 0 Å². The number of hydrogen-bond donors (Lipinski definition) is 1. The predicted molar refractivity (Wildman–Crippen MR) is 111 cm³/mol. The Kier molecular flexibility index (Phi) is 6.15. The second kappa shape index (κ2) is 8.49. The van der Waals surface area contributed by atoms with E-state index in [0.717, 1.165) is 6.07 Å². The molecule has 0 radical (unpaired) electrons. The first-order valence-electron chi connectivity index (χ1n) is 9.62. The van der Waals surface area contributed by atoms with Crippen LogP contribution in [0.25, 0.3) is 10.9 Å². The summed E-state index contributed by atoms with van der Waals surface area (Å²) in [5.41, 5.74) is -0.653. The zero-order chi connectivity index (χ0) is 22.9. The molecule has 3 rings (SSSR count). The Bertz CT molecular complexity index is 1200. The number of benzene rings is 1. The van der Waals surface area contributed by atoms with Crippen molar-refractivity contribution < 1.29 is 17.6 Å². The van der Waals surface area contributed by atoms with Crippen molar-refractivity contribution in [3.8, 4) is 0 Å². The number of halogens is 4.